The van der Waals surface area contributed by atoms with Crippen LogP contribution in [-0.2, 0) is 19.1 Å². The standard InChI is InChI=1S/C22H23ClN4O5/c23-18-5-1-2-6-19(18)26-21(29)22(30)27-25-12-15-7-9-16(10-8-15)32-14-20(28)24-13-17-4-3-11-31-17/h1-2,5-10,12,17H,3-4,11,13-14H2,(H,24,28)(H,26,29)(H,27,30)/b25-12-/t17-/m0/s1. The summed E-state index contributed by atoms with van der Waals surface area (Å²) in [6.45, 7) is 1.13. The molecule has 1 heterocycles. The molecule has 10 heteroatoms. The minimum Gasteiger partial charge on any atom is -0.484 e. The Hall–Kier alpha value is -3.43. The van der Waals surface area contributed by atoms with E-state index >= 15 is 0 Å². The second-order valence-electron chi connectivity index (χ2n) is 6.93. The van der Waals surface area contributed by atoms with E-state index in [1.165, 1.54) is 6.21 Å². The van der Waals surface area contributed by atoms with Crippen LogP contribution >= 0.6 is 11.6 Å². The van der Waals surface area contributed by atoms with Gasteiger partial charge in [-0.3, -0.25) is 14.4 Å². The summed E-state index contributed by atoms with van der Waals surface area (Å²) in [5, 5.41) is 9.26. The van der Waals surface area contributed by atoms with Gasteiger partial charge in [0.15, 0.2) is 6.61 Å². The molecule has 0 radical (unpaired) electrons. The van der Waals surface area contributed by atoms with Crippen molar-refractivity contribution >= 4 is 41.2 Å². The Morgan fingerprint density at radius 2 is 1.91 bits per heavy atom. The number of nitrogens with one attached hydrogen (secondary N) is 3. The van der Waals surface area contributed by atoms with Crippen LogP contribution in [0.3, 0.4) is 0 Å². The number of hydrogen-bond acceptors (Lipinski definition) is 6. The number of para-hydroxylation sites is 1. The van der Waals surface area contributed by atoms with Crippen molar-refractivity contribution in [2.75, 3.05) is 25.1 Å². The molecule has 168 valence electrons. The maximum Gasteiger partial charge on any atom is 0.329 e. The third kappa shape index (κ3) is 7.36. The van der Waals surface area contributed by atoms with Gasteiger partial charge in [-0.25, -0.2) is 5.43 Å². The normalized spacial score (nSPS) is 15.3. The number of rotatable bonds is 8. The van der Waals surface area contributed by atoms with Crippen LogP contribution in [0.1, 0.15) is 18.4 Å². The van der Waals surface area contributed by atoms with Crippen molar-refractivity contribution in [1.29, 1.82) is 0 Å². The first kappa shape index (κ1) is 23.2. The predicted molar refractivity (Wildman–Crippen MR) is 120 cm³/mol. The maximum atomic E-state index is 11.9. The Labute approximate surface area is 190 Å². The number of anilines is 1. The third-order valence-electron chi connectivity index (χ3n) is 4.51. The van der Waals surface area contributed by atoms with Crippen LogP contribution in [0.5, 0.6) is 5.75 Å². The van der Waals surface area contributed by atoms with E-state index in [1.807, 2.05) is 0 Å². The molecule has 1 saturated heterocycles. The number of hydrogen-bond donors (Lipinski definition) is 3. The number of hydrazone groups is 1. The van der Waals surface area contributed by atoms with Crippen molar-refractivity contribution in [3.8, 4) is 5.75 Å². The van der Waals surface area contributed by atoms with Crippen molar-refractivity contribution in [1.82, 2.24) is 10.7 Å². The molecule has 1 aliphatic rings. The first-order chi connectivity index (χ1) is 15.5. The lowest BCUT2D eigenvalue weighted by Crippen LogP contribution is -2.35. The zero-order valence-corrected chi connectivity index (χ0v) is 17.9. The lowest BCUT2D eigenvalue weighted by molar-refractivity contribution is -0.136. The summed E-state index contributed by atoms with van der Waals surface area (Å²) in [5.74, 6) is -1.53. The highest BCUT2D eigenvalue weighted by Gasteiger charge is 2.16. The lowest BCUT2D eigenvalue weighted by atomic mass is 10.2. The lowest BCUT2D eigenvalue weighted by Gasteiger charge is -2.11. The molecule has 0 bridgehead atoms. The molecule has 1 atom stereocenters. The summed E-state index contributed by atoms with van der Waals surface area (Å²) in [6.07, 6.45) is 3.43. The second-order valence-corrected chi connectivity index (χ2v) is 7.34. The largest absolute Gasteiger partial charge is 0.484 e. The van der Waals surface area contributed by atoms with Crippen molar-refractivity contribution in [3.63, 3.8) is 0 Å². The number of nitrogens with zero attached hydrogens (tertiary/aromatic N) is 1. The molecule has 0 aromatic heterocycles. The van der Waals surface area contributed by atoms with E-state index in [9.17, 15) is 14.4 Å². The number of halogens is 1. The number of ether oxygens (including phenoxy) is 2. The van der Waals surface area contributed by atoms with E-state index in [-0.39, 0.29) is 18.6 Å². The third-order valence-corrected chi connectivity index (χ3v) is 4.84. The zero-order valence-electron chi connectivity index (χ0n) is 17.2. The van der Waals surface area contributed by atoms with Gasteiger partial charge in [0.05, 0.1) is 23.0 Å². The average Bonchev–Trinajstić information content (AvgIpc) is 3.32. The molecule has 2 aromatic rings. The molecule has 0 unspecified atom stereocenters. The molecule has 1 fully saturated rings. The van der Waals surface area contributed by atoms with Crippen molar-refractivity contribution in [3.05, 3.63) is 59.1 Å². The zero-order chi connectivity index (χ0) is 22.8. The molecule has 3 N–H and O–H groups in total. The summed E-state index contributed by atoms with van der Waals surface area (Å²) in [4.78, 5) is 35.6. The average molecular weight is 459 g/mol. The van der Waals surface area contributed by atoms with Crippen LogP contribution in [0, 0.1) is 0 Å². The van der Waals surface area contributed by atoms with Crippen LogP contribution in [0.4, 0.5) is 5.69 Å². The van der Waals surface area contributed by atoms with Crippen LogP contribution in [-0.4, -0.2) is 49.8 Å². The molecule has 3 amide bonds. The molecular weight excluding hydrogens is 436 g/mol. The number of carbonyl (C=O) groups is 3. The van der Waals surface area contributed by atoms with Gasteiger partial charge < -0.3 is 20.1 Å². The van der Waals surface area contributed by atoms with Gasteiger partial charge in [0.25, 0.3) is 5.91 Å². The summed E-state index contributed by atoms with van der Waals surface area (Å²) < 4.78 is 10.9. The van der Waals surface area contributed by atoms with E-state index in [4.69, 9.17) is 21.1 Å². The Kier molecular flexibility index (Phi) is 8.59. The van der Waals surface area contributed by atoms with Gasteiger partial charge in [0.2, 0.25) is 0 Å². The smallest absolute Gasteiger partial charge is 0.329 e. The molecule has 0 spiro atoms. The van der Waals surface area contributed by atoms with Gasteiger partial charge in [-0.1, -0.05) is 23.7 Å². The number of amides is 3. The fraction of sp³-hybridized carbons (Fsp3) is 0.273. The van der Waals surface area contributed by atoms with Crippen LogP contribution in [0.15, 0.2) is 53.6 Å². The topological polar surface area (TPSA) is 118 Å². The molecule has 32 heavy (non-hydrogen) atoms. The fourth-order valence-corrected chi connectivity index (χ4v) is 3.02. The van der Waals surface area contributed by atoms with Crippen molar-refractivity contribution < 1.29 is 23.9 Å². The van der Waals surface area contributed by atoms with Crippen LogP contribution < -0.4 is 20.8 Å². The molecule has 2 aromatic carbocycles. The second kappa shape index (κ2) is 11.8. The molecule has 0 aliphatic carbocycles. The van der Waals surface area contributed by atoms with Crippen LogP contribution in [0.25, 0.3) is 0 Å². The summed E-state index contributed by atoms with van der Waals surface area (Å²) >= 11 is 5.94. The number of benzene rings is 2. The van der Waals surface area contributed by atoms with E-state index in [0.717, 1.165) is 19.4 Å². The Morgan fingerprint density at radius 1 is 1.12 bits per heavy atom. The first-order valence-electron chi connectivity index (χ1n) is 10.0. The van der Waals surface area contributed by atoms with Gasteiger partial charge in [0.1, 0.15) is 5.75 Å². The minimum atomic E-state index is -0.935. The maximum absolute atomic E-state index is 11.9. The van der Waals surface area contributed by atoms with E-state index < -0.39 is 11.8 Å². The van der Waals surface area contributed by atoms with Crippen LogP contribution in [0.2, 0.25) is 5.02 Å². The quantitative estimate of drug-likeness (QED) is 0.318. The molecule has 0 saturated carbocycles. The molecule has 9 nitrogen and oxygen atoms in total. The highest BCUT2D eigenvalue weighted by molar-refractivity contribution is 6.41. The molecule has 1 aliphatic heterocycles. The fourth-order valence-electron chi connectivity index (χ4n) is 2.84. The van der Waals surface area contributed by atoms with E-state index in [2.05, 4.69) is 21.2 Å². The molecular formula is C22H23ClN4O5. The summed E-state index contributed by atoms with van der Waals surface area (Å²) in [7, 11) is 0. The predicted octanol–water partition coefficient (Wildman–Crippen LogP) is 2.10. The Balaban J connectivity index is 1.38. The Bertz CT molecular complexity index is 975. The molecule has 3 rings (SSSR count). The number of carbonyl (C=O) groups excluding carboxylic acids is 3. The van der Waals surface area contributed by atoms with Gasteiger partial charge >= 0.3 is 11.8 Å². The van der Waals surface area contributed by atoms with E-state index in [0.29, 0.717) is 28.6 Å². The summed E-state index contributed by atoms with van der Waals surface area (Å²) in [6, 6.07) is 13.3. The van der Waals surface area contributed by atoms with Gasteiger partial charge in [-0.2, -0.15) is 5.10 Å². The first-order valence-corrected chi connectivity index (χ1v) is 10.4. The van der Waals surface area contributed by atoms with Gasteiger partial charge in [-0.15, -0.1) is 0 Å². The SMILES string of the molecule is O=C(COc1ccc(/C=N\NC(=O)C(=O)Nc2ccccc2Cl)cc1)NC[C@@H]1CCCO1. The van der Waals surface area contributed by atoms with Crippen molar-refractivity contribution in [2.24, 2.45) is 5.10 Å². The van der Waals surface area contributed by atoms with Gasteiger partial charge in [0, 0.05) is 13.2 Å². The minimum absolute atomic E-state index is 0.0835. The van der Waals surface area contributed by atoms with Crippen molar-refractivity contribution in [2.45, 2.75) is 18.9 Å². The highest BCUT2D eigenvalue weighted by atomic mass is 35.5. The Morgan fingerprint density at radius 3 is 2.62 bits per heavy atom. The highest BCUT2D eigenvalue weighted by Crippen LogP contribution is 2.20. The van der Waals surface area contributed by atoms with Gasteiger partial charge in [-0.05, 0) is 54.8 Å². The summed E-state index contributed by atoms with van der Waals surface area (Å²) in [5.41, 5.74) is 3.13. The monoisotopic (exact) mass is 458 g/mol. The van der Waals surface area contributed by atoms with E-state index in [1.54, 1.807) is 48.5 Å².